The monoisotopic (exact) mass is 254 g/mol. The smallest absolute Gasteiger partial charge is 0.104 e. The molecule has 104 valence electrons. The van der Waals surface area contributed by atoms with Crippen molar-refractivity contribution in [2.75, 3.05) is 33.0 Å². The zero-order chi connectivity index (χ0) is 13.3. The van der Waals surface area contributed by atoms with Gasteiger partial charge < -0.3 is 9.47 Å². The summed E-state index contributed by atoms with van der Waals surface area (Å²) >= 11 is 0. The molecule has 0 spiro atoms. The SMILES string of the molecule is CCCNC(C)(C#N)CCCOCC1CCOC1. The molecule has 0 aromatic heterocycles. The summed E-state index contributed by atoms with van der Waals surface area (Å²) in [5.41, 5.74) is -0.407. The van der Waals surface area contributed by atoms with Gasteiger partial charge in [-0.25, -0.2) is 0 Å². The summed E-state index contributed by atoms with van der Waals surface area (Å²) in [6.07, 6.45) is 3.93. The van der Waals surface area contributed by atoms with E-state index in [1.807, 2.05) is 6.92 Å². The van der Waals surface area contributed by atoms with Crippen molar-refractivity contribution >= 4 is 0 Å². The minimum atomic E-state index is -0.407. The first-order valence-corrected chi connectivity index (χ1v) is 7.02. The Balaban J connectivity index is 2.05. The van der Waals surface area contributed by atoms with Crippen LogP contribution in [0.2, 0.25) is 0 Å². The van der Waals surface area contributed by atoms with Crippen molar-refractivity contribution in [3.63, 3.8) is 0 Å². The third-order valence-corrected chi connectivity index (χ3v) is 3.35. The molecule has 1 aliphatic rings. The number of rotatable bonds is 9. The molecule has 1 fully saturated rings. The van der Waals surface area contributed by atoms with Gasteiger partial charge in [0.1, 0.15) is 5.54 Å². The van der Waals surface area contributed by atoms with Crippen molar-refractivity contribution < 1.29 is 9.47 Å². The summed E-state index contributed by atoms with van der Waals surface area (Å²) in [5.74, 6) is 0.575. The van der Waals surface area contributed by atoms with Crippen molar-refractivity contribution in [2.24, 2.45) is 5.92 Å². The Kier molecular flexibility index (Phi) is 7.26. The van der Waals surface area contributed by atoms with E-state index in [1.54, 1.807) is 0 Å². The Labute approximate surface area is 111 Å². The largest absolute Gasteiger partial charge is 0.381 e. The van der Waals surface area contributed by atoms with Crippen molar-refractivity contribution in [1.82, 2.24) is 5.32 Å². The molecule has 2 atom stereocenters. The van der Waals surface area contributed by atoms with Gasteiger partial charge in [0.25, 0.3) is 0 Å². The topological polar surface area (TPSA) is 54.3 Å². The molecule has 4 heteroatoms. The van der Waals surface area contributed by atoms with E-state index in [2.05, 4.69) is 18.3 Å². The lowest BCUT2D eigenvalue weighted by molar-refractivity contribution is 0.0850. The fourth-order valence-corrected chi connectivity index (χ4v) is 2.08. The molecular weight excluding hydrogens is 228 g/mol. The molecule has 1 N–H and O–H groups in total. The minimum absolute atomic E-state index is 0.407. The van der Waals surface area contributed by atoms with Crippen LogP contribution in [0.1, 0.15) is 39.5 Å². The molecule has 0 aromatic rings. The quantitative estimate of drug-likeness (QED) is 0.640. The van der Waals surface area contributed by atoms with E-state index in [4.69, 9.17) is 9.47 Å². The fraction of sp³-hybridized carbons (Fsp3) is 0.929. The van der Waals surface area contributed by atoms with Gasteiger partial charge in [0.05, 0.1) is 19.3 Å². The molecular formula is C14H26N2O2. The van der Waals surface area contributed by atoms with E-state index in [9.17, 15) is 5.26 Å². The van der Waals surface area contributed by atoms with Gasteiger partial charge in [0.15, 0.2) is 0 Å². The highest BCUT2D eigenvalue weighted by molar-refractivity contribution is 5.03. The normalized spacial score (nSPS) is 22.6. The molecule has 0 amide bonds. The van der Waals surface area contributed by atoms with Crippen LogP contribution in [0.3, 0.4) is 0 Å². The Morgan fingerprint density at radius 1 is 1.56 bits per heavy atom. The number of ether oxygens (including phenoxy) is 2. The average Bonchev–Trinajstić information content (AvgIpc) is 2.89. The standard InChI is InChI=1S/C14H26N2O2/c1-3-7-16-14(2,12-15)6-4-8-17-10-13-5-9-18-11-13/h13,16H,3-11H2,1-2H3. The molecule has 2 unspecified atom stereocenters. The van der Waals surface area contributed by atoms with Crippen LogP contribution >= 0.6 is 0 Å². The van der Waals surface area contributed by atoms with Crippen LogP contribution in [0.15, 0.2) is 0 Å². The van der Waals surface area contributed by atoms with Crippen LogP contribution in [0.25, 0.3) is 0 Å². The molecule has 0 bridgehead atoms. The van der Waals surface area contributed by atoms with Crippen molar-refractivity contribution in [1.29, 1.82) is 5.26 Å². The summed E-state index contributed by atoms with van der Waals surface area (Å²) in [6, 6.07) is 2.36. The van der Waals surface area contributed by atoms with E-state index in [-0.39, 0.29) is 0 Å². The van der Waals surface area contributed by atoms with Gasteiger partial charge in [-0.2, -0.15) is 5.26 Å². The summed E-state index contributed by atoms with van der Waals surface area (Å²) < 4.78 is 10.9. The molecule has 4 nitrogen and oxygen atoms in total. The number of hydrogen-bond donors (Lipinski definition) is 1. The van der Waals surface area contributed by atoms with Crippen molar-refractivity contribution in [3.05, 3.63) is 0 Å². The van der Waals surface area contributed by atoms with Crippen LogP contribution in [0.4, 0.5) is 0 Å². The molecule has 18 heavy (non-hydrogen) atoms. The van der Waals surface area contributed by atoms with Crippen molar-refractivity contribution in [3.8, 4) is 6.07 Å². The lowest BCUT2D eigenvalue weighted by Crippen LogP contribution is -2.41. The minimum Gasteiger partial charge on any atom is -0.381 e. The van der Waals surface area contributed by atoms with Crippen LogP contribution in [0, 0.1) is 17.2 Å². The Hall–Kier alpha value is -0.630. The fourth-order valence-electron chi connectivity index (χ4n) is 2.08. The number of nitrogens with zero attached hydrogens (tertiary/aromatic N) is 1. The molecule has 0 saturated carbocycles. The first-order valence-electron chi connectivity index (χ1n) is 7.02. The Morgan fingerprint density at radius 3 is 3.00 bits per heavy atom. The van der Waals surface area contributed by atoms with E-state index in [0.717, 1.165) is 58.7 Å². The van der Waals surface area contributed by atoms with Gasteiger partial charge >= 0.3 is 0 Å². The molecule has 1 rings (SSSR count). The predicted octanol–water partition coefficient (Wildman–Crippen LogP) is 2.10. The first-order chi connectivity index (χ1) is 8.70. The van der Waals surface area contributed by atoms with E-state index >= 15 is 0 Å². The summed E-state index contributed by atoms with van der Waals surface area (Å²) in [7, 11) is 0. The summed E-state index contributed by atoms with van der Waals surface area (Å²) in [4.78, 5) is 0. The number of hydrogen-bond acceptors (Lipinski definition) is 4. The maximum atomic E-state index is 9.17. The van der Waals surface area contributed by atoms with Crippen LogP contribution in [0.5, 0.6) is 0 Å². The molecule has 1 aliphatic heterocycles. The van der Waals surface area contributed by atoms with Crippen LogP contribution in [-0.4, -0.2) is 38.5 Å². The van der Waals surface area contributed by atoms with E-state index in [1.165, 1.54) is 0 Å². The number of nitriles is 1. The number of nitrogens with one attached hydrogen (secondary N) is 1. The molecule has 0 radical (unpaired) electrons. The third-order valence-electron chi connectivity index (χ3n) is 3.35. The lowest BCUT2D eigenvalue weighted by atomic mass is 9.98. The zero-order valence-corrected chi connectivity index (χ0v) is 11.7. The third kappa shape index (κ3) is 5.81. The molecule has 1 heterocycles. The van der Waals surface area contributed by atoms with Crippen molar-refractivity contribution in [2.45, 2.75) is 45.1 Å². The zero-order valence-electron chi connectivity index (χ0n) is 11.7. The highest BCUT2D eigenvalue weighted by Gasteiger charge is 2.22. The lowest BCUT2D eigenvalue weighted by Gasteiger charge is -2.23. The van der Waals surface area contributed by atoms with E-state index in [0.29, 0.717) is 5.92 Å². The predicted molar refractivity (Wildman–Crippen MR) is 71.3 cm³/mol. The summed E-state index contributed by atoms with van der Waals surface area (Å²) in [6.45, 7) is 8.22. The second kappa shape index (κ2) is 8.47. The van der Waals surface area contributed by atoms with Gasteiger partial charge in [-0.05, 0) is 39.2 Å². The van der Waals surface area contributed by atoms with E-state index < -0.39 is 5.54 Å². The van der Waals surface area contributed by atoms with Gasteiger partial charge in [0, 0.05) is 19.1 Å². The highest BCUT2D eigenvalue weighted by Crippen LogP contribution is 2.14. The maximum absolute atomic E-state index is 9.17. The maximum Gasteiger partial charge on any atom is 0.104 e. The molecule has 0 aliphatic carbocycles. The highest BCUT2D eigenvalue weighted by atomic mass is 16.5. The Bertz CT molecular complexity index is 259. The molecule has 1 saturated heterocycles. The van der Waals surface area contributed by atoms with Gasteiger partial charge in [-0.3, -0.25) is 5.32 Å². The second-order valence-electron chi connectivity index (χ2n) is 5.28. The Morgan fingerprint density at radius 2 is 2.39 bits per heavy atom. The molecule has 0 aromatic carbocycles. The van der Waals surface area contributed by atoms with Crippen LogP contribution < -0.4 is 5.32 Å². The summed E-state index contributed by atoms with van der Waals surface area (Å²) in [5, 5.41) is 12.5. The first kappa shape index (κ1) is 15.4. The average molecular weight is 254 g/mol. The van der Waals surface area contributed by atoms with Crippen LogP contribution in [-0.2, 0) is 9.47 Å². The van der Waals surface area contributed by atoms with Gasteiger partial charge in [0.2, 0.25) is 0 Å². The van der Waals surface area contributed by atoms with Gasteiger partial charge in [-0.15, -0.1) is 0 Å². The second-order valence-corrected chi connectivity index (χ2v) is 5.28. The van der Waals surface area contributed by atoms with Gasteiger partial charge in [-0.1, -0.05) is 6.92 Å².